The van der Waals surface area contributed by atoms with E-state index in [0.29, 0.717) is 17.4 Å². The predicted octanol–water partition coefficient (Wildman–Crippen LogP) is 2.36. The maximum atomic E-state index is 12.2. The average Bonchev–Trinajstić information content (AvgIpc) is 3.00. The third-order valence-corrected chi connectivity index (χ3v) is 5.95. The molecule has 0 aliphatic heterocycles. The summed E-state index contributed by atoms with van der Waals surface area (Å²) in [6.07, 6.45) is -0.148. The Balaban J connectivity index is 1.88. The molecule has 0 bridgehead atoms. The van der Waals surface area contributed by atoms with Crippen molar-refractivity contribution >= 4 is 38.2 Å². The highest BCUT2D eigenvalue weighted by molar-refractivity contribution is 7.91. The van der Waals surface area contributed by atoms with Gasteiger partial charge < -0.3 is 10.1 Å². The summed E-state index contributed by atoms with van der Waals surface area (Å²) in [5, 5.41) is 4.52. The topological polar surface area (TPSA) is 102 Å². The molecule has 140 valence electrons. The average molecular weight is 396 g/mol. The van der Waals surface area contributed by atoms with Gasteiger partial charge in [0.15, 0.2) is 15.0 Å². The summed E-state index contributed by atoms with van der Waals surface area (Å²) in [4.78, 5) is 27.7. The molecular weight excluding hydrogens is 376 g/mol. The third kappa shape index (κ3) is 5.92. The van der Waals surface area contributed by atoms with Crippen LogP contribution in [0.3, 0.4) is 0 Å². The highest BCUT2D eigenvalue weighted by Gasteiger charge is 2.17. The van der Waals surface area contributed by atoms with E-state index < -0.39 is 15.7 Å². The van der Waals surface area contributed by atoms with E-state index in [0.717, 1.165) is 5.56 Å². The molecule has 0 aliphatic carbocycles. The molecule has 1 N–H and O–H groups in total. The molecule has 0 aliphatic rings. The summed E-state index contributed by atoms with van der Waals surface area (Å²) in [6, 6.07) is 6.50. The summed E-state index contributed by atoms with van der Waals surface area (Å²) in [5.74, 6) is -1.12. The normalized spacial score (nSPS) is 11.2. The Morgan fingerprint density at radius 1 is 1.23 bits per heavy atom. The SMILES string of the molecule is CCOC(=O)Cc1csc(NC(=O)CCS(=O)(=O)c2ccc(C)cc2)n1. The van der Waals surface area contributed by atoms with E-state index in [1.54, 1.807) is 24.4 Å². The molecule has 1 aromatic carbocycles. The molecule has 1 heterocycles. The van der Waals surface area contributed by atoms with E-state index in [4.69, 9.17) is 4.74 Å². The van der Waals surface area contributed by atoms with E-state index in [1.807, 2.05) is 6.92 Å². The quantitative estimate of drug-likeness (QED) is 0.687. The van der Waals surface area contributed by atoms with E-state index in [-0.39, 0.29) is 29.5 Å². The molecule has 0 atom stereocenters. The van der Waals surface area contributed by atoms with Gasteiger partial charge >= 0.3 is 5.97 Å². The smallest absolute Gasteiger partial charge is 0.311 e. The minimum Gasteiger partial charge on any atom is -0.466 e. The summed E-state index contributed by atoms with van der Waals surface area (Å²) >= 11 is 1.17. The van der Waals surface area contributed by atoms with Gasteiger partial charge in [0.25, 0.3) is 0 Å². The summed E-state index contributed by atoms with van der Waals surface area (Å²) < 4.78 is 29.3. The van der Waals surface area contributed by atoms with Gasteiger partial charge in [-0.15, -0.1) is 11.3 Å². The first-order valence-electron chi connectivity index (χ1n) is 7.99. The minimum atomic E-state index is -3.52. The minimum absolute atomic E-state index is 0.0298. The molecule has 0 saturated carbocycles. The fraction of sp³-hybridized carbons (Fsp3) is 0.353. The van der Waals surface area contributed by atoms with Crippen LogP contribution in [0.1, 0.15) is 24.6 Å². The Labute approximate surface area is 156 Å². The highest BCUT2D eigenvalue weighted by atomic mass is 32.2. The number of hydrogen-bond acceptors (Lipinski definition) is 7. The van der Waals surface area contributed by atoms with Crippen molar-refractivity contribution in [2.75, 3.05) is 17.7 Å². The Kier molecular flexibility index (Phi) is 6.87. The molecular formula is C17H20N2O5S2. The van der Waals surface area contributed by atoms with Gasteiger partial charge in [0.05, 0.1) is 29.4 Å². The van der Waals surface area contributed by atoms with E-state index in [1.165, 1.54) is 23.5 Å². The first-order valence-corrected chi connectivity index (χ1v) is 10.5. The predicted molar refractivity (Wildman–Crippen MR) is 98.9 cm³/mol. The van der Waals surface area contributed by atoms with Crippen LogP contribution < -0.4 is 5.32 Å². The molecule has 2 aromatic rings. The highest BCUT2D eigenvalue weighted by Crippen LogP contribution is 2.17. The number of aromatic nitrogens is 1. The number of anilines is 1. The second kappa shape index (κ2) is 8.91. The van der Waals surface area contributed by atoms with Crippen molar-refractivity contribution < 1.29 is 22.7 Å². The lowest BCUT2D eigenvalue weighted by Crippen LogP contribution is -2.17. The van der Waals surface area contributed by atoms with Gasteiger partial charge in [0.2, 0.25) is 5.91 Å². The van der Waals surface area contributed by atoms with Crippen LogP contribution in [-0.4, -0.2) is 37.6 Å². The van der Waals surface area contributed by atoms with Crippen LogP contribution in [0.2, 0.25) is 0 Å². The molecule has 0 unspecified atom stereocenters. The standard InChI is InChI=1S/C17H20N2O5S2/c1-3-24-16(21)10-13-11-25-17(18-13)19-15(20)8-9-26(22,23)14-6-4-12(2)5-7-14/h4-7,11H,3,8-10H2,1-2H3,(H,18,19,20). The van der Waals surface area contributed by atoms with Gasteiger partial charge in [-0.2, -0.15) is 0 Å². The van der Waals surface area contributed by atoms with Crippen LogP contribution in [0.5, 0.6) is 0 Å². The summed E-state index contributed by atoms with van der Waals surface area (Å²) in [7, 11) is -3.52. The van der Waals surface area contributed by atoms with Crippen molar-refractivity contribution in [1.82, 2.24) is 4.98 Å². The van der Waals surface area contributed by atoms with Crippen molar-refractivity contribution in [2.45, 2.75) is 31.6 Å². The number of aryl methyl sites for hydroxylation is 1. The number of sulfone groups is 1. The van der Waals surface area contributed by atoms with E-state index >= 15 is 0 Å². The number of ether oxygens (including phenoxy) is 1. The Hall–Kier alpha value is -2.26. The van der Waals surface area contributed by atoms with Gasteiger partial charge in [-0.05, 0) is 26.0 Å². The van der Waals surface area contributed by atoms with Crippen molar-refractivity contribution in [3.63, 3.8) is 0 Å². The van der Waals surface area contributed by atoms with Crippen molar-refractivity contribution in [1.29, 1.82) is 0 Å². The fourth-order valence-electron chi connectivity index (χ4n) is 2.08. The van der Waals surface area contributed by atoms with Crippen LogP contribution in [0, 0.1) is 6.92 Å². The van der Waals surface area contributed by atoms with Crippen molar-refractivity contribution in [3.8, 4) is 0 Å². The zero-order valence-corrected chi connectivity index (χ0v) is 16.2. The van der Waals surface area contributed by atoms with Crippen LogP contribution in [0.15, 0.2) is 34.5 Å². The van der Waals surface area contributed by atoms with Crippen LogP contribution >= 0.6 is 11.3 Å². The van der Waals surface area contributed by atoms with Crippen LogP contribution in [0.4, 0.5) is 5.13 Å². The second-order valence-electron chi connectivity index (χ2n) is 5.56. The Morgan fingerprint density at radius 3 is 2.58 bits per heavy atom. The molecule has 0 saturated heterocycles. The van der Waals surface area contributed by atoms with Gasteiger partial charge in [0.1, 0.15) is 0 Å². The monoisotopic (exact) mass is 396 g/mol. The number of amides is 1. The molecule has 26 heavy (non-hydrogen) atoms. The van der Waals surface area contributed by atoms with Crippen LogP contribution in [-0.2, 0) is 30.6 Å². The zero-order valence-electron chi connectivity index (χ0n) is 14.5. The molecule has 0 radical (unpaired) electrons. The Bertz CT molecular complexity index is 873. The molecule has 0 fully saturated rings. The number of nitrogens with one attached hydrogen (secondary N) is 1. The summed E-state index contributed by atoms with van der Waals surface area (Å²) in [5.41, 5.74) is 1.46. The van der Waals surface area contributed by atoms with Gasteiger partial charge in [-0.1, -0.05) is 17.7 Å². The number of rotatable bonds is 8. The number of nitrogens with zero attached hydrogens (tertiary/aromatic N) is 1. The maximum Gasteiger partial charge on any atom is 0.311 e. The summed E-state index contributed by atoms with van der Waals surface area (Å²) in [6.45, 7) is 3.88. The maximum absolute atomic E-state index is 12.2. The second-order valence-corrected chi connectivity index (χ2v) is 8.52. The first kappa shape index (κ1) is 20.1. The number of benzene rings is 1. The van der Waals surface area contributed by atoms with Gasteiger partial charge in [-0.3, -0.25) is 9.59 Å². The number of esters is 1. The van der Waals surface area contributed by atoms with Crippen molar-refractivity contribution in [3.05, 3.63) is 40.9 Å². The number of hydrogen-bond donors (Lipinski definition) is 1. The van der Waals surface area contributed by atoms with Gasteiger partial charge in [0, 0.05) is 11.8 Å². The van der Waals surface area contributed by atoms with Crippen LogP contribution in [0.25, 0.3) is 0 Å². The number of thiazole rings is 1. The molecule has 0 spiro atoms. The lowest BCUT2D eigenvalue weighted by Gasteiger charge is -2.05. The molecule has 1 aromatic heterocycles. The lowest BCUT2D eigenvalue weighted by atomic mass is 10.2. The third-order valence-electron chi connectivity index (χ3n) is 3.41. The van der Waals surface area contributed by atoms with E-state index in [2.05, 4.69) is 10.3 Å². The largest absolute Gasteiger partial charge is 0.466 e. The van der Waals surface area contributed by atoms with Crippen molar-refractivity contribution in [2.24, 2.45) is 0 Å². The van der Waals surface area contributed by atoms with Gasteiger partial charge in [-0.25, -0.2) is 13.4 Å². The Morgan fingerprint density at radius 2 is 1.92 bits per heavy atom. The number of carbonyl (C=O) groups excluding carboxylic acids is 2. The zero-order chi connectivity index (χ0) is 19.2. The molecule has 2 rings (SSSR count). The molecule has 7 nitrogen and oxygen atoms in total. The lowest BCUT2D eigenvalue weighted by molar-refractivity contribution is -0.142. The number of carbonyl (C=O) groups is 2. The fourth-order valence-corrected chi connectivity index (χ4v) is 4.04. The first-order chi connectivity index (χ1) is 12.3. The van der Waals surface area contributed by atoms with E-state index in [9.17, 15) is 18.0 Å². The molecule has 9 heteroatoms. The molecule has 1 amide bonds.